The predicted molar refractivity (Wildman–Crippen MR) is 241 cm³/mol. The molecule has 384 valence electrons. The molecule has 6 amide bonds. The van der Waals surface area contributed by atoms with E-state index in [2.05, 4.69) is 35.2 Å². The molecule has 5 aliphatic heterocycles. The normalized spacial score (nSPS) is 34.0. The van der Waals surface area contributed by atoms with Crippen LogP contribution in [0.5, 0.6) is 0 Å². The molecule has 0 aromatic heterocycles. The summed E-state index contributed by atoms with van der Waals surface area (Å²) in [6, 6.07) is -7.71. The zero-order valence-corrected chi connectivity index (χ0v) is 41.5. The Kier molecular flexibility index (Phi) is 17.8. The van der Waals surface area contributed by atoms with Crippen molar-refractivity contribution < 1.29 is 62.9 Å². The fourth-order valence-corrected chi connectivity index (χ4v) is 10.3. The van der Waals surface area contributed by atoms with Gasteiger partial charge in [-0.2, -0.15) is 0 Å². The van der Waals surface area contributed by atoms with Crippen LogP contribution in [-0.2, 0) is 52.7 Å². The largest absolute Gasteiger partial charge is 0.458 e. The third-order valence-corrected chi connectivity index (χ3v) is 14.2. The van der Waals surface area contributed by atoms with E-state index in [9.17, 15) is 43.9 Å². The maximum absolute atomic E-state index is 15.3. The zero-order valence-electron chi connectivity index (χ0n) is 41.5. The number of hydroxylamine groups is 4. The monoisotopic (exact) mass is 966 g/mol. The highest BCUT2D eigenvalue weighted by Gasteiger charge is 2.61. The van der Waals surface area contributed by atoms with Crippen LogP contribution in [-0.4, -0.2) is 176 Å². The second-order valence-electron chi connectivity index (χ2n) is 20.3. The predicted octanol–water partition coefficient (Wildman–Crippen LogP) is 0.665. The highest BCUT2D eigenvalue weighted by molar-refractivity contribution is 5.97. The van der Waals surface area contributed by atoms with Gasteiger partial charge in [0.15, 0.2) is 6.04 Å². The van der Waals surface area contributed by atoms with Gasteiger partial charge in [-0.3, -0.25) is 48.5 Å². The van der Waals surface area contributed by atoms with Gasteiger partial charge in [0.2, 0.25) is 17.2 Å². The van der Waals surface area contributed by atoms with Gasteiger partial charge >= 0.3 is 5.97 Å². The number of nitroso groups, excluding NO2 is 1. The van der Waals surface area contributed by atoms with Crippen LogP contribution < -0.4 is 16.2 Å². The third kappa shape index (κ3) is 10.8. The summed E-state index contributed by atoms with van der Waals surface area (Å²) in [5.74, 6) is -10.4. The van der Waals surface area contributed by atoms with Gasteiger partial charge in [-0.1, -0.05) is 48.5 Å². The lowest BCUT2D eigenvalue weighted by Crippen LogP contribution is -2.70. The molecule has 11 atom stereocenters. The molecule has 0 aliphatic carbocycles. The van der Waals surface area contributed by atoms with Crippen molar-refractivity contribution in [2.45, 2.75) is 179 Å². The van der Waals surface area contributed by atoms with Crippen molar-refractivity contribution in [1.82, 2.24) is 41.2 Å². The van der Waals surface area contributed by atoms with E-state index in [1.165, 1.54) is 6.92 Å². The van der Waals surface area contributed by atoms with Crippen molar-refractivity contribution in [2.75, 3.05) is 40.4 Å². The van der Waals surface area contributed by atoms with E-state index < -0.39 is 119 Å². The molecule has 5 N–H and O–H groups in total. The number of nitrogens with one attached hydrogen (secondary N) is 3. The summed E-state index contributed by atoms with van der Waals surface area (Å²) in [4.78, 5) is 128. The van der Waals surface area contributed by atoms with Crippen LogP contribution in [0.15, 0.2) is 5.18 Å². The lowest BCUT2D eigenvalue weighted by atomic mass is 9.77. The first kappa shape index (κ1) is 54.5. The maximum atomic E-state index is 15.3. The number of esters is 1. The zero-order chi connectivity index (χ0) is 50.6. The number of hydrogen-bond donors (Lipinski definition) is 5. The molecule has 23 nitrogen and oxygen atoms in total. The highest BCUT2D eigenvalue weighted by Crippen LogP contribution is 2.43. The number of hydrogen-bond acceptors (Lipinski definition) is 17. The van der Waals surface area contributed by atoms with Crippen LogP contribution in [0.2, 0.25) is 0 Å². The Balaban J connectivity index is 1.66. The van der Waals surface area contributed by atoms with Crippen LogP contribution in [0.3, 0.4) is 0 Å². The average molecular weight is 966 g/mol. The van der Waals surface area contributed by atoms with Crippen molar-refractivity contribution in [2.24, 2.45) is 28.8 Å². The van der Waals surface area contributed by atoms with Crippen molar-refractivity contribution in [3.63, 3.8) is 0 Å². The smallest absolute Gasteiger partial charge is 0.332 e. The number of amides is 6. The van der Waals surface area contributed by atoms with Crippen LogP contribution >= 0.6 is 0 Å². The summed E-state index contributed by atoms with van der Waals surface area (Å²) in [5, 5.41) is 33.1. The van der Waals surface area contributed by atoms with Gasteiger partial charge < -0.3 is 29.9 Å². The fraction of sp³-hybridized carbons (Fsp3) is 0.844. The Bertz CT molecular complexity index is 1890. The molecule has 5 aliphatic rings. The van der Waals surface area contributed by atoms with Crippen LogP contribution in [0, 0.1) is 28.6 Å². The topological polar surface area (TPSA) is 279 Å². The van der Waals surface area contributed by atoms with E-state index in [0.717, 1.165) is 52.6 Å². The van der Waals surface area contributed by atoms with Gasteiger partial charge in [-0.15, -0.1) is 4.91 Å². The number of carbonyl (C=O) groups is 7. The molecule has 23 heteroatoms. The Hall–Kier alpha value is -4.39. The number of rotatable bonds is 11. The van der Waals surface area contributed by atoms with E-state index in [4.69, 9.17) is 19.1 Å². The number of cyclic esters (lactones) is 1. The summed E-state index contributed by atoms with van der Waals surface area (Å²) in [7, 11) is 2.28. The summed E-state index contributed by atoms with van der Waals surface area (Å²) in [6.45, 7) is 14.4. The summed E-state index contributed by atoms with van der Waals surface area (Å²) < 4.78 is 12.4. The van der Waals surface area contributed by atoms with Crippen molar-refractivity contribution in [3.05, 3.63) is 4.91 Å². The van der Waals surface area contributed by atoms with Gasteiger partial charge in [0.25, 0.3) is 29.5 Å². The molecule has 5 saturated heterocycles. The van der Waals surface area contributed by atoms with Gasteiger partial charge in [-0.05, 0) is 94.1 Å². The van der Waals surface area contributed by atoms with Gasteiger partial charge in [0, 0.05) is 26.1 Å². The summed E-state index contributed by atoms with van der Waals surface area (Å²) in [6.07, 6.45) is 0.222. The number of carbonyl (C=O) groups excluding carboxylic acids is 7. The Morgan fingerprint density at radius 3 is 2.04 bits per heavy atom. The molecular weight excluding hydrogens is 891 g/mol. The summed E-state index contributed by atoms with van der Waals surface area (Å²) in [5.41, 5.74) is 1.43. The van der Waals surface area contributed by atoms with E-state index in [0.29, 0.717) is 31.6 Å². The minimum Gasteiger partial charge on any atom is -0.458 e. The molecule has 11 unspecified atom stereocenters. The minimum atomic E-state index is -2.58. The second kappa shape index (κ2) is 22.1. The Morgan fingerprint density at radius 1 is 0.882 bits per heavy atom. The van der Waals surface area contributed by atoms with Crippen LogP contribution in [0.1, 0.15) is 120 Å². The van der Waals surface area contributed by atoms with E-state index in [1.54, 1.807) is 27.7 Å². The molecule has 0 saturated carbocycles. The summed E-state index contributed by atoms with van der Waals surface area (Å²) >= 11 is 0. The molecule has 0 aromatic rings. The molecule has 5 fully saturated rings. The van der Waals surface area contributed by atoms with E-state index in [1.807, 2.05) is 6.92 Å². The molecule has 0 aromatic carbocycles. The first-order chi connectivity index (χ1) is 31.9. The number of hydrazine groups is 2. The van der Waals surface area contributed by atoms with Crippen LogP contribution in [0.4, 0.5) is 0 Å². The van der Waals surface area contributed by atoms with Gasteiger partial charge in [-0.25, -0.2) is 25.8 Å². The first-order valence-corrected chi connectivity index (χ1v) is 24.1. The van der Waals surface area contributed by atoms with Crippen LogP contribution in [0.25, 0.3) is 0 Å². The quantitative estimate of drug-likeness (QED) is 0.141. The molecule has 68 heavy (non-hydrogen) atoms. The standard InChI is InChI=1S/C45H75N9O14/c1-12-31-28(23-25(2)3)17-18-45(63,68-31)44(9,49-64)42(61)48-33-35(27(6)7)67-41(60)34(26(4)5)54(66-11)40(59)36-43(8,62)19-22-50(36)37(56)29-15-13-20-46-52(29)32(55)24-51(65-10)38(57)30-16-14-21-47-53(30)39(33)58/h25-31,33-36,46-47,62-63H,12-24H2,1-11H3,(H,48,61). The van der Waals surface area contributed by atoms with Gasteiger partial charge in [0.05, 0.1) is 25.9 Å². The number of nitrogens with zero attached hydrogens (tertiary/aromatic N) is 6. The van der Waals surface area contributed by atoms with E-state index in [-0.39, 0.29) is 51.2 Å². The molecule has 0 radical (unpaired) electrons. The second-order valence-corrected chi connectivity index (χ2v) is 20.3. The molecule has 5 heterocycles. The molecule has 5 rings (SSSR count). The highest BCUT2D eigenvalue weighted by atomic mass is 16.7. The fourth-order valence-electron chi connectivity index (χ4n) is 10.3. The van der Waals surface area contributed by atoms with Gasteiger partial charge in [0.1, 0.15) is 36.8 Å². The lowest BCUT2D eigenvalue weighted by Gasteiger charge is -2.47. The lowest BCUT2D eigenvalue weighted by molar-refractivity contribution is -0.293. The number of ether oxygens (including phenoxy) is 2. The molecule has 0 spiro atoms. The molecular formula is C45H75N9O14. The molecule has 0 bridgehead atoms. The first-order valence-electron chi connectivity index (χ1n) is 24.1. The average Bonchev–Trinajstić information content (AvgIpc) is 3.63. The SMILES string of the molecule is CCC1OC(O)(C(C)(N=O)C(=O)NC2C(=O)N3NCCCC3C(=O)N(OC)CC(=O)N3NCCCC3C(=O)N3CCC(C)(O)C3C(=O)N(OC)C(C(C)C)C(=O)OC2C(C)C)CCC1CC(C)C. The third-order valence-electron chi connectivity index (χ3n) is 14.2. The minimum absolute atomic E-state index is 0.00615. The maximum Gasteiger partial charge on any atom is 0.332 e. The van der Waals surface area contributed by atoms with Crippen molar-refractivity contribution in [3.8, 4) is 0 Å². The Labute approximate surface area is 398 Å². The Morgan fingerprint density at radius 2 is 1.50 bits per heavy atom. The number of fused-ring (bicyclic) bond motifs is 3. The van der Waals surface area contributed by atoms with Crippen molar-refractivity contribution in [1.29, 1.82) is 0 Å². The van der Waals surface area contributed by atoms with Crippen molar-refractivity contribution >= 4 is 41.4 Å². The number of aliphatic hydroxyl groups is 2. The van der Waals surface area contributed by atoms with E-state index >= 15 is 4.79 Å².